The molecular weight excluding hydrogens is 381 g/mol. The molecule has 3 rings (SSSR count). The first kappa shape index (κ1) is 18.5. The Morgan fingerprint density at radius 3 is 2.54 bits per heavy atom. The van der Waals surface area contributed by atoms with Gasteiger partial charge in [-0.3, -0.25) is 0 Å². The Morgan fingerprint density at radius 1 is 1.35 bits per heavy atom. The summed E-state index contributed by atoms with van der Waals surface area (Å²) in [5.74, 6) is -2.21. The molecule has 0 radical (unpaired) electrons. The van der Waals surface area contributed by atoms with Gasteiger partial charge >= 0.3 is 12.1 Å². The van der Waals surface area contributed by atoms with Crippen molar-refractivity contribution in [3.05, 3.63) is 28.2 Å². The monoisotopic (exact) mass is 393 g/mol. The molecule has 2 heterocycles. The van der Waals surface area contributed by atoms with E-state index in [9.17, 15) is 26.7 Å². The van der Waals surface area contributed by atoms with Crippen molar-refractivity contribution < 1.29 is 31.9 Å². The second-order valence-corrected chi connectivity index (χ2v) is 6.66. The number of anilines is 1. The zero-order chi connectivity index (χ0) is 19.1. The summed E-state index contributed by atoms with van der Waals surface area (Å²) in [5.41, 5.74) is -0.706. The van der Waals surface area contributed by atoms with Gasteiger partial charge in [0.05, 0.1) is 5.69 Å². The zero-order valence-electron chi connectivity index (χ0n) is 12.9. The normalized spacial score (nSPS) is 15.9. The Hall–Kier alpha value is -2.30. The Morgan fingerprint density at radius 2 is 2.04 bits per heavy atom. The van der Waals surface area contributed by atoms with Gasteiger partial charge in [0.1, 0.15) is 11.9 Å². The number of aromatic nitrogens is 2. The third-order valence-corrected chi connectivity index (χ3v) is 4.71. The number of hydrogen-bond donors (Lipinski definition) is 2. The van der Waals surface area contributed by atoms with Crippen LogP contribution >= 0.6 is 11.3 Å². The lowest BCUT2D eigenvalue weighted by Crippen LogP contribution is -2.38. The first-order valence-corrected chi connectivity index (χ1v) is 8.35. The van der Waals surface area contributed by atoms with Gasteiger partial charge in [0, 0.05) is 22.7 Å². The van der Waals surface area contributed by atoms with Crippen LogP contribution in [0.3, 0.4) is 0 Å². The number of hydrogen-bond acceptors (Lipinski definition) is 5. The number of aromatic carboxylic acids is 1. The van der Waals surface area contributed by atoms with Gasteiger partial charge in [-0.05, 0) is 24.8 Å². The fourth-order valence-corrected chi connectivity index (χ4v) is 3.15. The maximum Gasteiger partial charge on any atom is 0.408 e. The summed E-state index contributed by atoms with van der Waals surface area (Å²) in [5, 5.41) is 12.1. The molecule has 26 heavy (non-hydrogen) atoms. The number of pyridine rings is 1. The third kappa shape index (κ3) is 3.92. The van der Waals surface area contributed by atoms with Crippen molar-refractivity contribution in [1.82, 2.24) is 9.97 Å². The van der Waals surface area contributed by atoms with Crippen molar-refractivity contribution in [2.24, 2.45) is 5.92 Å². The Bertz CT molecular complexity index is 820. The van der Waals surface area contributed by atoms with Crippen LogP contribution in [0.15, 0.2) is 17.6 Å². The van der Waals surface area contributed by atoms with E-state index in [-0.39, 0.29) is 22.1 Å². The predicted octanol–water partition coefficient (Wildman–Crippen LogP) is 4.59. The number of carboxylic acids is 1. The maximum atomic E-state index is 13.4. The number of carbonyl (C=O) groups is 1. The topological polar surface area (TPSA) is 75.1 Å². The predicted molar refractivity (Wildman–Crippen MR) is 83.5 cm³/mol. The van der Waals surface area contributed by atoms with Crippen molar-refractivity contribution in [2.45, 2.75) is 31.5 Å². The van der Waals surface area contributed by atoms with Crippen LogP contribution < -0.4 is 5.32 Å². The summed E-state index contributed by atoms with van der Waals surface area (Å²) in [7, 11) is 0. The minimum absolute atomic E-state index is 0.0173. The fourth-order valence-electron chi connectivity index (χ4n) is 2.50. The molecule has 1 aliphatic rings. The summed E-state index contributed by atoms with van der Waals surface area (Å²) in [6.07, 6.45) is -5.71. The molecule has 2 aromatic rings. The highest BCUT2D eigenvalue weighted by atomic mass is 32.1. The van der Waals surface area contributed by atoms with Crippen LogP contribution in [-0.4, -0.2) is 33.3 Å². The molecule has 0 saturated heterocycles. The molecular formula is C15H12F5N3O2S. The van der Waals surface area contributed by atoms with E-state index in [4.69, 9.17) is 5.11 Å². The Labute approximate surface area is 147 Å². The number of halogens is 5. The molecule has 0 spiro atoms. The lowest BCUT2D eigenvalue weighted by Gasteiger charge is -2.22. The van der Waals surface area contributed by atoms with Crippen LogP contribution in [0.2, 0.25) is 0 Å². The van der Waals surface area contributed by atoms with E-state index in [1.54, 1.807) is 0 Å². The van der Waals surface area contributed by atoms with Crippen LogP contribution in [0.4, 0.5) is 27.8 Å². The molecule has 1 atom stereocenters. The summed E-state index contributed by atoms with van der Waals surface area (Å²) in [4.78, 5) is 18.4. The summed E-state index contributed by atoms with van der Waals surface area (Å²) in [6.45, 7) is 0. The van der Waals surface area contributed by atoms with Crippen molar-refractivity contribution in [3.63, 3.8) is 0 Å². The number of alkyl halides is 5. The molecule has 1 saturated carbocycles. The average molecular weight is 393 g/mol. The molecule has 2 N–H and O–H groups in total. The number of nitrogens with zero attached hydrogens (tertiary/aromatic N) is 2. The second kappa shape index (κ2) is 6.78. The van der Waals surface area contributed by atoms with E-state index >= 15 is 0 Å². The summed E-state index contributed by atoms with van der Waals surface area (Å²) >= 11 is 0.756. The molecule has 0 aromatic carbocycles. The summed E-state index contributed by atoms with van der Waals surface area (Å²) in [6, 6.07) is -0.995. The number of thiazole rings is 1. The van der Waals surface area contributed by atoms with Gasteiger partial charge in [0.25, 0.3) is 6.43 Å². The van der Waals surface area contributed by atoms with Gasteiger partial charge in [-0.15, -0.1) is 11.3 Å². The average Bonchev–Trinajstić information content (AvgIpc) is 3.26. The fraction of sp³-hybridized carbons (Fsp3) is 0.400. The Kier molecular flexibility index (Phi) is 4.82. The van der Waals surface area contributed by atoms with E-state index < -0.39 is 36.1 Å². The number of rotatable bonds is 6. The Balaban J connectivity index is 1.92. The highest BCUT2D eigenvalue weighted by Gasteiger charge is 2.49. The van der Waals surface area contributed by atoms with E-state index in [0.29, 0.717) is 12.8 Å². The van der Waals surface area contributed by atoms with Gasteiger partial charge in [0.2, 0.25) is 5.01 Å². The van der Waals surface area contributed by atoms with Crippen LogP contribution in [0.1, 0.15) is 34.6 Å². The summed E-state index contributed by atoms with van der Waals surface area (Å²) < 4.78 is 66.0. The van der Waals surface area contributed by atoms with Crippen LogP contribution in [0, 0.1) is 5.92 Å². The molecule has 0 aliphatic heterocycles. The van der Waals surface area contributed by atoms with E-state index in [1.165, 1.54) is 5.38 Å². The van der Waals surface area contributed by atoms with Crippen LogP contribution in [0.5, 0.6) is 0 Å². The van der Waals surface area contributed by atoms with Gasteiger partial charge in [0.15, 0.2) is 0 Å². The highest BCUT2D eigenvalue weighted by molar-refractivity contribution is 7.11. The molecule has 2 aromatic heterocycles. The van der Waals surface area contributed by atoms with Gasteiger partial charge in [-0.25, -0.2) is 23.5 Å². The minimum atomic E-state index is -4.52. The van der Waals surface area contributed by atoms with Crippen molar-refractivity contribution in [2.75, 3.05) is 5.32 Å². The van der Waals surface area contributed by atoms with Gasteiger partial charge < -0.3 is 10.4 Å². The smallest absolute Gasteiger partial charge is 0.408 e. The molecule has 11 heteroatoms. The van der Waals surface area contributed by atoms with Gasteiger partial charge in [-0.1, -0.05) is 0 Å². The molecule has 0 amide bonds. The molecule has 0 bridgehead atoms. The van der Waals surface area contributed by atoms with Crippen molar-refractivity contribution in [1.29, 1.82) is 0 Å². The quantitative estimate of drug-likeness (QED) is 0.702. The number of carboxylic acid groups (broad SMARTS) is 1. The molecule has 1 aliphatic carbocycles. The van der Waals surface area contributed by atoms with Gasteiger partial charge in [-0.2, -0.15) is 13.2 Å². The largest absolute Gasteiger partial charge is 0.476 e. The first-order chi connectivity index (χ1) is 12.2. The molecule has 5 nitrogen and oxygen atoms in total. The highest BCUT2D eigenvalue weighted by Crippen LogP contribution is 2.42. The first-order valence-electron chi connectivity index (χ1n) is 7.47. The second-order valence-electron chi connectivity index (χ2n) is 5.80. The van der Waals surface area contributed by atoms with E-state index in [1.807, 2.05) is 0 Å². The van der Waals surface area contributed by atoms with Crippen LogP contribution in [0.25, 0.3) is 11.3 Å². The lowest BCUT2D eigenvalue weighted by molar-refractivity contribution is -0.146. The van der Waals surface area contributed by atoms with Crippen molar-refractivity contribution in [3.8, 4) is 11.3 Å². The number of nitrogens with one attached hydrogen (secondary N) is 1. The zero-order valence-corrected chi connectivity index (χ0v) is 13.7. The molecule has 140 valence electrons. The standard InChI is InChI=1S/C15H12F5N3O2S/c16-12(17)7-3-10(23-11(6-1-2-6)15(18,19)20)21-4-8(7)9-5-26-13(22-9)14(24)25/h3-6,11-12H,1-2H2,(H,21,23)(H,24,25). The van der Waals surface area contributed by atoms with Crippen molar-refractivity contribution >= 4 is 23.1 Å². The maximum absolute atomic E-state index is 13.4. The third-order valence-electron chi connectivity index (χ3n) is 3.88. The van der Waals surface area contributed by atoms with E-state index in [0.717, 1.165) is 23.6 Å². The van der Waals surface area contributed by atoms with Crippen LogP contribution in [-0.2, 0) is 0 Å². The SMILES string of the molecule is O=C(O)c1nc(-c2cnc(NC(C3CC3)C(F)(F)F)cc2C(F)F)cs1. The minimum Gasteiger partial charge on any atom is -0.476 e. The lowest BCUT2D eigenvalue weighted by atomic mass is 10.1. The van der Waals surface area contributed by atoms with E-state index in [2.05, 4.69) is 15.3 Å². The molecule has 1 unspecified atom stereocenters. The molecule has 1 fully saturated rings.